The molecule has 0 aromatic carbocycles. The zero-order valence-corrected chi connectivity index (χ0v) is 19.8. The number of hydrogen-bond acceptors (Lipinski definition) is 5. The molecule has 0 spiro atoms. The van der Waals surface area contributed by atoms with E-state index in [0.717, 1.165) is 44.7 Å². The maximum absolute atomic E-state index is 12.8. The predicted molar refractivity (Wildman–Crippen MR) is 120 cm³/mol. The minimum absolute atomic E-state index is 0.0594. The molecule has 1 aromatic heterocycles. The van der Waals surface area contributed by atoms with Crippen molar-refractivity contribution >= 4 is 12.0 Å². The topological polar surface area (TPSA) is 79.7 Å². The molecule has 2 saturated heterocycles. The largest absolute Gasteiger partial charge is 0.444 e. The molecule has 2 unspecified atom stereocenters. The average molecular weight is 434 g/mol. The Bertz CT molecular complexity index is 755. The molecule has 3 heterocycles. The van der Waals surface area contributed by atoms with Gasteiger partial charge in [0, 0.05) is 38.1 Å². The van der Waals surface area contributed by atoms with Gasteiger partial charge in [0.2, 0.25) is 5.91 Å². The van der Waals surface area contributed by atoms with Crippen molar-refractivity contribution in [1.29, 1.82) is 0 Å². The number of nitrogens with one attached hydrogen (secondary N) is 1. The molecule has 174 valence electrons. The smallest absolute Gasteiger partial charge is 0.410 e. The molecule has 8 nitrogen and oxygen atoms in total. The Morgan fingerprint density at radius 1 is 1.23 bits per heavy atom. The molecule has 3 rings (SSSR count). The van der Waals surface area contributed by atoms with Crippen LogP contribution in [0.4, 0.5) is 4.79 Å². The maximum atomic E-state index is 12.8. The molecule has 2 amide bonds. The molecule has 2 aliphatic rings. The highest BCUT2D eigenvalue weighted by Crippen LogP contribution is 2.22. The standard InChI is InChI=1S/C23H39N5O3/c1-17(2)27-13-10-24-20(27)16-26-11-6-8-18(15-26)14-25-21(29)19-9-7-12-28(19)22(30)31-23(3,4)5/h10,13,17-19H,6-9,11-12,14-16H2,1-5H3,(H,25,29). The van der Waals surface area contributed by atoms with Crippen LogP contribution in [0.3, 0.4) is 0 Å². The number of aromatic nitrogens is 2. The molecule has 2 atom stereocenters. The monoisotopic (exact) mass is 433 g/mol. The molecular formula is C23H39N5O3. The third-order valence-corrected chi connectivity index (χ3v) is 6.02. The van der Waals surface area contributed by atoms with Gasteiger partial charge in [-0.05, 0) is 72.8 Å². The van der Waals surface area contributed by atoms with Crippen LogP contribution in [0.2, 0.25) is 0 Å². The van der Waals surface area contributed by atoms with E-state index < -0.39 is 17.7 Å². The highest BCUT2D eigenvalue weighted by Gasteiger charge is 2.36. The van der Waals surface area contributed by atoms with E-state index in [1.54, 1.807) is 4.90 Å². The van der Waals surface area contributed by atoms with Crippen molar-refractivity contribution in [2.45, 2.75) is 84.5 Å². The first-order chi connectivity index (χ1) is 14.6. The zero-order valence-electron chi connectivity index (χ0n) is 19.8. The first-order valence-corrected chi connectivity index (χ1v) is 11.7. The summed E-state index contributed by atoms with van der Waals surface area (Å²) >= 11 is 0. The van der Waals surface area contributed by atoms with Gasteiger partial charge in [0.15, 0.2) is 0 Å². The maximum Gasteiger partial charge on any atom is 0.410 e. The third kappa shape index (κ3) is 6.45. The van der Waals surface area contributed by atoms with Crippen LogP contribution in [0.1, 0.15) is 72.2 Å². The van der Waals surface area contributed by atoms with Gasteiger partial charge in [-0.15, -0.1) is 0 Å². The minimum atomic E-state index is -0.559. The van der Waals surface area contributed by atoms with Gasteiger partial charge < -0.3 is 14.6 Å². The molecule has 1 aromatic rings. The van der Waals surface area contributed by atoms with Crippen LogP contribution in [-0.2, 0) is 16.1 Å². The number of piperidine rings is 1. The lowest BCUT2D eigenvalue weighted by atomic mass is 9.97. The van der Waals surface area contributed by atoms with Crippen LogP contribution in [0.15, 0.2) is 12.4 Å². The number of likely N-dealkylation sites (tertiary alicyclic amines) is 2. The van der Waals surface area contributed by atoms with Gasteiger partial charge in [0.05, 0.1) is 6.54 Å². The first kappa shape index (κ1) is 23.6. The van der Waals surface area contributed by atoms with E-state index in [-0.39, 0.29) is 5.91 Å². The lowest BCUT2D eigenvalue weighted by Gasteiger charge is -2.33. The Hall–Kier alpha value is -2.09. The second kappa shape index (κ2) is 10.0. The molecule has 8 heteroatoms. The second-order valence-corrected chi connectivity index (χ2v) is 10.2. The molecule has 0 radical (unpaired) electrons. The average Bonchev–Trinajstić information content (AvgIpc) is 3.34. The zero-order chi connectivity index (χ0) is 22.6. The fourth-order valence-electron chi connectivity index (χ4n) is 4.54. The van der Waals surface area contributed by atoms with Crippen LogP contribution < -0.4 is 5.32 Å². The van der Waals surface area contributed by atoms with Gasteiger partial charge in [0.25, 0.3) is 0 Å². The molecule has 2 fully saturated rings. The summed E-state index contributed by atoms with van der Waals surface area (Å²) < 4.78 is 7.70. The predicted octanol–water partition coefficient (Wildman–Crippen LogP) is 3.19. The second-order valence-electron chi connectivity index (χ2n) is 10.2. The molecule has 2 aliphatic heterocycles. The fourth-order valence-corrected chi connectivity index (χ4v) is 4.54. The Balaban J connectivity index is 1.49. The fraction of sp³-hybridized carbons (Fsp3) is 0.783. The minimum Gasteiger partial charge on any atom is -0.444 e. The van der Waals surface area contributed by atoms with E-state index in [0.29, 0.717) is 31.5 Å². The molecule has 0 bridgehead atoms. The number of amides is 2. The number of imidazole rings is 1. The summed E-state index contributed by atoms with van der Waals surface area (Å²) in [6.07, 6.45) is 7.27. The van der Waals surface area contributed by atoms with E-state index >= 15 is 0 Å². The van der Waals surface area contributed by atoms with Crippen molar-refractivity contribution in [2.75, 3.05) is 26.2 Å². The van der Waals surface area contributed by atoms with Crippen molar-refractivity contribution in [3.63, 3.8) is 0 Å². The summed E-state index contributed by atoms with van der Waals surface area (Å²) in [6.45, 7) is 13.9. The van der Waals surface area contributed by atoms with Gasteiger partial charge >= 0.3 is 6.09 Å². The van der Waals surface area contributed by atoms with Crippen molar-refractivity contribution < 1.29 is 14.3 Å². The number of hydrogen-bond donors (Lipinski definition) is 1. The van der Waals surface area contributed by atoms with Gasteiger partial charge in [-0.3, -0.25) is 14.6 Å². The van der Waals surface area contributed by atoms with Crippen LogP contribution in [0.25, 0.3) is 0 Å². The molecule has 0 saturated carbocycles. The van der Waals surface area contributed by atoms with Gasteiger partial charge in [-0.1, -0.05) is 0 Å². The lowest BCUT2D eigenvalue weighted by molar-refractivity contribution is -0.125. The van der Waals surface area contributed by atoms with Crippen LogP contribution in [0, 0.1) is 5.92 Å². The summed E-state index contributed by atoms with van der Waals surface area (Å²) in [5.74, 6) is 1.45. The van der Waals surface area contributed by atoms with Crippen LogP contribution in [-0.4, -0.2) is 69.2 Å². The van der Waals surface area contributed by atoms with E-state index in [1.807, 2.05) is 33.2 Å². The van der Waals surface area contributed by atoms with E-state index in [2.05, 4.69) is 33.6 Å². The Kier molecular flexibility index (Phi) is 7.62. The number of carbonyl (C=O) groups excluding carboxylic acids is 2. The molecule has 0 aliphatic carbocycles. The summed E-state index contributed by atoms with van der Waals surface area (Å²) in [5, 5.41) is 3.12. The van der Waals surface area contributed by atoms with Gasteiger partial charge in [-0.2, -0.15) is 0 Å². The van der Waals surface area contributed by atoms with E-state index in [4.69, 9.17) is 4.74 Å². The SMILES string of the molecule is CC(C)n1ccnc1CN1CCCC(CNC(=O)C2CCCN2C(=O)OC(C)(C)C)C1. The summed E-state index contributed by atoms with van der Waals surface area (Å²) in [7, 11) is 0. The summed E-state index contributed by atoms with van der Waals surface area (Å²) in [4.78, 5) is 33.9. The van der Waals surface area contributed by atoms with Crippen LogP contribution >= 0.6 is 0 Å². The highest BCUT2D eigenvalue weighted by molar-refractivity contribution is 5.86. The summed E-state index contributed by atoms with van der Waals surface area (Å²) in [5.41, 5.74) is -0.559. The Labute approximate surface area is 186 Å². The Morgan fingerprint density at radius 3 is 2.68 bits per heavy atom. The highest BCUT2D eigenvalue weighted by atomic mass is 16.6. The third-order valence-electron chi connectivity index (χ3n) is 6.02. The van der Waals surface area contributed by atoms with E-state index in [1.165, 1.54) is 0 Å². The first-order valence-electron chi connectivity index (χ1n) is 11.7. The van der Waals surface area contributed by atoms with Crippen LogP contribution in [0.5, 0.6) is 0 Å². The molecule has 1 N–H and O–H groups in total. The van der Waals surface area contributed by atoms with Crippen molar-refractivity contribution in [2.24, 2.45) is 5.92 Å². The quantitative estimate of drug-likeness (QED) is 0.745. The molecule has 31 heavy (non-hydrogen) atoms. The van der Waals surface area contributed by atoms with Crippen molar-refractivity contribution in [3.05, 3.63) is 18.2 Å². The number of ether oxygens (including phenoxy) is 1. The number of rotatable bonds is 6. The van der Waals surface area contributed by atoms with Gasteiger partial charge in [-0.25, -0.2) is 9.78 Å². The Morgan fingerprint density at radius 2 is 1.97 bits per heavy atom. The number of carbonyl (C=O) groups is 2. The van der Waals surface area contributed by atoms with Crippen molar-refractivity contribution in [3.8, 4) is 0 Å². The van der Waals surface area contributed by atoms with Crippen molar-refractivity contribution in [1.82, 2.24) is 24.7 Å². The van der Waals surface area contributed by atoms with E-state index in [9.17, 15) is 9.59 Å². The number of nitrogens with zero attached hydrogens (tertiary/aromatic N) is 4. The lowest BCUT2D eigenvalue weighted by Crippen LogP contribution is -2.49. The molecular weight excluding hydrogens is 394 g/mol. The van der Waals surface area contributed by atoms with Gasteiger partial charge in [0.1, 0.15) is 17.5 Å². The summed E-state index contributed by atoms with van der Waals surface area (Å²) in [6, 6.07) is -0.0234. The normalized spacial score (nSPS) is 22.7.